The van der Waals surface area contributed by atoms with Crippen molar-refractivity contribution < 1.29 is 28.2 Å². The Morgan fingerprint density at radius 3 is 2.67 bits per heavy atom. The molecule has 1 heterocycles. The number of hydrogen-bond acceptors (Lipinski definition) is 5. The zero-order valence-corrected chi connectivity index (χ0v) is 23.0. The van der Waals surface area contributed by atoms with Gasteiger partial charge in [-0.25, -0.2) is 8.78 Å². The number of benzene rings is 2. The van der Waals surface area contributed by atoms with Crippen LogP contribution in [0.3, 0.4) is 0 Å². The molecule has 1 aliphatic rings. The fraction of sp³-hybridized carbons (Fsp3) is 0.548. The molecule has 3 N–H and O–H groups in total. The first kappa shape index (κ1) is 33.0. The Balaban J connectivity index is 0.00000560. The van der Waals surface area contributed by atoms with Crippen LogP contribution in [-0.4, -0.2) is 54.1 Å². The molecule has 0 radical (unpaired) electrons. The zero-order valence-electron chi connectivity index (χ0n) is 23.0. The minimum atomic E-state index is -0.456. The number of amides is 2. The van der Waals surface area contributed by atoms with Gasteiger partial charge in [0, 0.05) is 25.6 Å². The van der Waals surface area contributed by atoms with Crippen LogP contribution in [0.5, 0.6) is 11.5 Å². The molecule has 1 aliphatic heterocycles. The van der Waals surface area contributed by atoms with Gasteiger partial charge in [0.2, 0.25) is 5.91 Å². The summed E-state index contributed by atoms with van der Waals surface area (Å²) in [6.45, 7) is 5.80. The quantitative estimate of drug-likeness (QED) is 0.173. The SMILES string of the molecule is C.CCCC[C@@H](C)N(CCCCCc1ccc(O)c2c1OCC(=O)N2)C(=O)CCNCCc1cc(F)ccc1F. The summed E-state index contributed by atoms with van der Waals surface area (Å²) in [6, 6.07) is 7.00. The molecule has 222 valence electrons. The van der Waals surface area contributed by atoms with Crippen LogP contribution in [-0.2, 0) is 22.4 Å². The van der Waals surface area contributed by atoms with Crippen molar-refractivity contribution in [3.8, 4) is 11.5 Å². The molecule has 1 atom stereocenters. The van der Waals surface area contributed by atoms with Crippen molar-refractivity contribution in [2.75, 3.05) is 31.6 Å². The molecule has 7 nitrogen and oxygen atoms in total. The summed E-state index contributed by atoms with van der Waals surface area (Å²) in [6.07, 6.45) is 7.22. The van der Waals surface area contributed by atoms with E-state index >= 15 is 0 Å². The lowest BCUT2D eigenvalue weighted by atomic mass is 10.0. The summed E-state index contributed by atoms with van der Waals surface area (Å²) >= 11 is 0. The van der Waals surface area contributed by atoms with Crippen molar-refractivity contribution in [3.05, 3.63) is 53.1 Å². The number of anilines is 1. The van der Waals surface area contributed by atoms with Crippen molar-refractivity contribution in [3.63, 3.8) is 0 Å². The number of rotatable bonds is 16. The van der Waals surface area contributed by atoms with Crippen LogP contribution in [0, 0.1) is 11.6 Å². The van der Waals surface area contributed by atoms with E-state index in [0.29, 0.717) is 49.5 Å². The Morgan fingerprint density at radius 1 is 1.10 bits per heavy atom. The second-order valence-corrected chi connectivity index (χ2v) is 10.2. The summed E-state index contributed by atoms with van der Waals surface area (Å²) in [7, 11) is 0. The first-order chi connectivity index (χ1) is 18.8. The molecule has 0 saturated carbocycles. The van der Waals surface area contributed by atoms with Gasteiger partial charge in [0.25, 0.3) is 5.91 Å². The van der Waals surface area contributed by atoms with Crippen LogP contribution in [0.25, 0.3) is 0 Å². The van der Waals surface area contributed by atoms with Gasteiger partial charge in [-0.05, 0) is 81.0 Å². The maximum Gasteiger partial charge on any atom is 0.262 e. The number of carbonyl (C=O) groups is 2. The third-order valence-corrected chi connectivity index (χ3v) is 7.10. The van der Waals surface area contributed by atoms with E-state index in [9.17, 15) is 23.5 Å². The van der Waals surface area contributed by atoms with E-state index in [1.54, 1.807) is 6.07 Å². The highest BCUT2D eigenvalue weighted by atomic mass is 19.1. The molecule has 2 aromatic rings. The van der Waals surface area contributed by atoms with Crippen LogP contribution >= 0.6 is 0 Å². The summed E-state index contributed by atoms with van der Waals surface area (Å²) in [5.74, 6) is -0.537. The number of fused-ring (bicyclic) bond motifs is 1. The average molecular weight is 562 g/mol. The Morgan fingerprint density at radius 2 is 1.90 bits per heavy atom. The number of carbonyl (C=O) groups excluding carboxylic acids is 2. The minimum Gasteiger partial charge on any atom is -0.506 e. The van der Waals surface area contributed by atoms with E-state index < -0.39 is 11.6 Å². The molecule has 3 rings (SSSR count). The van der Waals surface area contributed by atoms with Gasteiger partial charge >= 0.3 is 0 Å². The number of phenols is 1. The standard InChI is InChI=1S/C30H41F2N3O4.CH4/c1-3-4-8-21(2)35(28(38)15-17-33-16-14-23-19-24(31)11-12-25(23)32)18-7-5-6-9-22-10-13-26(36)29-30(22)39-20-27(37)34-29;/h10-13,19,21,33,36H,3-9,14-18,20H2,1-2H3,(H,34,37);1H4/t21-;/m1./s1. The second-order valence-electron chi connectivity index (χ2n) is 10.2. The number of phenolic OH excluding ortho intramolecular Hbond substituents is 1. The maximum absolute atomic E-state index is 13.8. The number of aromatic hydroxyl groups is 1. The molecule has 40 heavy (non-hydrogen) atoms. The van der Waals surface area contributed by atoms with E-state index in [4.69, 9.17) is 4.74 Å². The third-order valence-electron chi connectivity index (χ3n) is 7.10. The van der Waals surface area contributed by atoms with Gasteiger partial charge in [-0.2, -0.15) is 0 Å². The molecule has 0 aromatic heterocycles. The van der Waals surface area contributed by atoms with E-state index in [1.165, 1.54) is 6.07 Å². The normalized spacial score (nSPS) is 13.1. The van der Waals surface area contributed by atoms with E-state index in [-0.39, 0.29) is 37.6 Å². The summed E-state index contributed by atoms with van der Waals surface area (Å²) in [4.78, 5) is 26.7. The van der Waals surface area contributed by atoms with E-state index in [2.05, 4.69) is 24.5 Å². The van der Waals surface area contributed by atoms with Crippen molar-refractivity contribution in [1.82, 2.24) is 10.2 Å². The lowest BCUT2D eigenvalue weighted by Crippen LogP contribution is -2.40. The van der Waals surface area contributed by atoms with E-state index in [1.807, 2.05) is 11.0 Å². The fourth-order valence-corrected chi connectivity index (χ4v) is 4.85. The number of halogens is 2. The van der Waals surface area contributed by atoms with Crippen LogP contribution in [0.2, 0.25) is 0 Å². The fourth-order valence-electron chi connectivity index (χ4n) is 4.85. The number of nitrogens with zero attached hydrogens (tertiary/aromatic N) is 1. The molecule has 9 heteroatoms. The molecule has 0 fully saturated rings. The molecule has 0 spiro atoms. The second kappa shape index (κ2) is 16.8. The lowest BCUT2D eigenvalue weighted by molar-refractivity contribution is -0.133. The highest BCUT2D eigenvalue weighted by Crippen LogP contribution is 2.39. The summed E-state index contributed by atoms with van der Waals surface area (Å²) < 4.78 is 32.7. The van der Waals surface area contributed by atoms with Gasteiger partial charge in [-0.15, -0.1) is 0 Å². The lowest BCUT2D eigenvalue weighted by Gasteiger charge is -2.30. The van der Waals surface area contributed by atoms with Crippen LogP contribution in [0.4, 0.5) is 14.5 Å². The van der Waals surface area contributed by atoms with Crippen molar-refractivity contribution in [2.45, 2.75) is 85.1 Å². The molecule has 0 bridgehead atoms. The number of nitrogens with one attached hydrogen (secondary N) is 2. The topological polar surface area (TPSA) is 90.9 Å². The Labute approximate surface area is 237 Å². The molecule has 0 aliphatic carbocycles. The Bertz CT molecular complexity index is 1110. The highest BCUT2D eigenvalue weighted by Gasteiger charge is 2.23. The molecule has 2 aromatic carbocycles. The van der Waals surface area contributed by atoms with Gasteiger partial charge < -0.3 is 25.4 Å². The number of unbranched alkanes of at least 4 members (excludes halogenated alkanes) is 3. The molecule has 0 saturated heterocycles. The minimum absolute atomic E-state index is 0. The van der Waals surface area contributed by atoms with Gasteiger partial charge in [0.15, 0.2) is 12.4 Å². The zero-order chi connectivity index (χ0) is 28.2. The van der Waals surface area contributed by atoms with Gasteiger partial charge in [-0.1, -0.05) is 39.7 Å². The molecular formula is C31H45F2N3O4. The maximum atomic E-state index is 13.8. The van der Waals surface area contributed by atoms with Gasteiger partial charge in [0.05, 0.1) is 0 Å². The highest BCUT2D eigenvalue weighted by molar-refractivity contribution is 5.97. The smallest absolute Gasteiger partial charge is 0.262 e. The van der Waals surface area contributed by atoms with Crippen molar-refractivity contribution in [2.24, 2.45) is 0 Å². The van der Waals surface area contributed by atoms with E-state index in [0.717, 1.165) is 62.6 Å². The Hall–Kier alpha value is -3.20. The number of hydrogen-bond donors (Lipinski definition) is 3. The monoisotopic (exact) mass is 561 g/mol. The molecule has 0 unspecified atom stereocenters. The molecule has 2 amide bonds. The molecular weight excluding hydrogens is 516 g/mol. The number of aryl methyl sites for hydroxylation is 1. The number of ether oxygens (including phenoxy) is 1. The predicted octanol–water partition coefficient (Wildman–Crippen LogP) is 5.98. The summed E-state index contributed by atoms with van der Waals surface area (Å²) in [5.41, 5.74) is 1.60. The van der Waals surface area contributed by atoms with Gasteiger partial charge in [-0.3, -0.25) is 9.59 Å². The largest absolute Gasteiger partial charge is 0.506 e. The van der Waals surface area contributed by atoms with Crippen LogP contribution in [0.15, 0.2) is 30.3 Å². The summed E-state index contributed by atoms with van der Waals surface area (Å²) in [5, 5.41) is 15.9. The van der Waals surface area contributed by atoms with Crippen molar-refractivity contribution in [1.29, 1.82) is 0 Å². The first-order valence-electron chi connectivity index (χ1n) is 14.0. The third kappa shape index (κ3) is 9.77. The Kier molecular flexibility index (Phi) is 13.9. The predicted molar refractivity (Wildman–Crippen MR) is 155 cm³/mol. The van der Waals surface area contributed by atoms with Crippen LogP contribution < -0.4 is 15.4 Å². The van der Waals surface area contributed by atoms with Gasteiger partial charge in [0.1, 0.15) is 23.1 Å². The first-order valence-corrected chi connectivity index (χ1v) is 14.0. The van der Waals surface area contributed by atoms with Crippen LogP contribution in [0.1, 0.15) is 77.3 Å². The average Bonchev–Trinajstić information content (AvgIpc) is 2.92. The van der Waals surface area contributed by atoms with Crippen molar-refractivity contribution >= 4 is 17.5 Å².